The number of carbonyl (C=O) groups is 1. The monoisotopic (exact) mass is 312 g/mol. The fraction of sp³-hybridized carbons (Fsp3) is 0.833. The molecule has 0 aliphatic carbocycles. The highest BCUT2D eigenvalue weighted by molar-refractivity contribution is 5.74. The number of amides is 2. The maximum atomic E-state index is 10.9. The summed E-state index contributed by atoms with van der Waals surface area (Å²) < 4.78 is 0. The number of aliphatic hydroxyl groups excluding tert-OH is 1. The Morgan fingerprint density at radius 1 is 0.864 bits per heavy atom. The number of allylic oxidation sites excluding steroid dienone is 1. The van der Waals surface area contributed by atoms with Gasteiger partial charge in [0, 0.05) is 6.20 Å². The Hall–Kier alpha value is -1.03. The molecule has 0 saturated heterocycles. The minimum absolute atomic E-state index is 0.335. The first-order valence-electron chi connectivity index (χ1n) is 9.11. The summed E-state index contributed by atoms with van der Waals surface area (Å²) in [6.45, 7) is 1.93. The van der Waals surface area contributed by atoms with Crippen molar-refractivity contribution in [3.8, 4) is 0 Å². The zero-order valence-electron chi connectivity index (χ0n) is 14.4. The summed E-state index contributed by atoms with van der Waals surface area (Å²) in [4.78, 5) is 10.9. The minimum atomic E-state index is -0.367. The van der Waals surface area contributed by atoms with E-state index in [0.29, 0.717) is 0 Å². The zero-order valence-corrected chi connectivity index (χ0v) is 14.4. The highest BCUT2D eigenvalue weighted by atomic mass is 16.3. The molecule has 130 valence electrons. The van der Waals surface area contributed by atoms with Crippen LogP contribution in [0.4, 0.5) is 4.79 Å². The lowest BCUT2D eigenvalue weighted by Gasteiger charge is -2.02. The lowest BCUT2D eigenvalue weighted by molar-refractivity contribution is 0.220. The van der Waals surface area contributed by atoms with Gasteiger partial charge in [-0.15, -0.1) is 0 Å². The molecule has 0 fully saturated rings. The third-order valence-corrected chi connectivity index (χ3v) is 3.80. The lowest BCUT2D eigenvalue weighted by Crippen LogP contribution is -2.32. The van der Waals surface area contributed by atoms with E-state index in [0.717, 1.165) is 6.42 Å². The lowest BCUT2D eigenvalue weighted by atomic mass is 10.0. The zero-order chi connectivity index (χ0) is 16.3. The summed E-state index contributed by atoms with van der Waals surface area (Å²) in [5.41, 5.74) is 0. The van der Waals surface area contributed by atoms with Crippen LogP contribution >= 0.6 is 0 Å². The second-order valence-corrected chi connectivity index (χ2v) is 5.89. The van der Waals surface area contributed by atoms with Gasteiger partial charge in [0.05, 0.1) is 0 Å². The van der Waals surface area contributed by atoms with Crippen LogP contribution in [0.15, 0.2) is 12.3 Å². The molecule has 0 saturated carbocycles. The molecule has 4 heteroatoms. The SMILES string of the molecule is CCCCCCCCCCCCCC/C=C/NC(=O)NCO. The predicted octanol–water partition coefficient (Wildman–Crippen LogP) is 4.84. The van der Waals surface area contributed by atoms with Crippen molar-refractivity contribution < 1.29 is 9.90 Å². The number of nitrogens with one attached hydrogen (secondary N) is 2. The van der Waals surface area contributed by atoms with Crippen LogP contribution in [-0.2, 0) is 0 Å². The van der Waals surface area contributed by atoms with E-state index in [2.05, 4.69) is 17.6 Å². The molecule has 0 aromatic carbocycles. The van der Waals surface area contributed by atoms with Crippen molar-refractivity contribution in [2.45, 2.75) is 90.4 Å². The molecule has 0 unspecified atom stereocenters. The summed E-state index contributed by atoms with van der Waals surface area (Å²) >= 11 is 0. The van der Waals surface area contributed by atoms with E-state index in [4.69, 9.17) is 5.11 Å². The van der Waals surface area contributed by atoms with Crippen molar-refractivity contribution in [3.05, 3.63) is 12.3 Å². The molecule has 0 aromatic heterocycles. The average molecular weight is 312 g/mol. The number of rotatable bonds is 15. The maximum absolute atomic E-state index is 10.9. The van der Waals surface area contributed by atoms with Crippen LogP contribution in [0.2, 0.25) is 0 Å². The van der Waals surface area contributed by atoms with Crippen molar-refractivity contribution in [1.29, 1.82) is 0 Å². The number of aliphatic hydroxyl groups is 1. The number of urea groups is 1. The van der Waals surface area contributed by atoms with Gasteiger partial charge in [0.2, 0.25) is 0 Å². The quantitative estimate of drug-likeness (QED) is 0.299. The predicted molar refractivity (Wildman–Crippen MR) is 93.6 cm³/mol. The first-order chi connectivity index (χ1) is 10.8. The number of hydrogen-bond acceptors (Lipinski definition) is 2. The van der Waals surface area contributed by atoms with E-state index in [1.54, 1.807) is 6.20 Å². The van der Waals surface area contributed by atoms with Gasteiger partial charge in [-0.2, -0.15) is 0 Å². The van der Waals surface area contributed by atoms with Crippen molar-refractivity contribution in [1.82, 2.24) is 10.6 Å². The van der Waals surface area contributed by atoms with Crippen molar-refractivity contribution >= 4 is 6.03 Å². The van der Waals surface area contributed by atoms with Crippen molar-refractivity contribution in [2.24, 2.45) is 0 Å². The van der Waals surface area contributed by atoms with Gasteiger partial charge < -0.3 is 15.7 Å². The normalized spacial score (nSPS) is 11.0. The number of carbonyl (C=O) groups excluding carboxylic acids is 1. The molecule has 3 N–H and O–H groups in total. The summed E-state index contributed by atoms with van der Waals surface area (Å²) in [6, 6.07) is -0.367. The third kappa shape index (κ3) is 17.0. The van der Waals surface area contributed by atoms with Gasteiger partial charge in [-0.05, 0) is 12.8 Å². The molecule has 2 amide bonds. The van der Waals surface area contributed by atoms with Crippen LogP contribution in [0.25, 0.3) is 0 Å². The molecule has 0 atom stereocenters. The van der Waals surface area contributed by atoms with Crippen molar-refractivity contribution in [2.75, 3.05) is 6.73 Å². The molecule has 4 nitrogen and oxygen atoms in total. The van der Waals surface area contributed by atoms with Gasteiger partial charge in [0.25, 0.3) is 0 Å². The highest BCUT2D eigenvalue weighted by Crippen LogP contribution is 2.12. The van der Waals surface area contributed by atoms with Crippen LogP contribution in [0.5, 0.6) is 0 Å². The molecule has 0 aromatic rings. The van der Waals surface area contributed by atoms with Crippen molar-refractivity contribution in [3.63, 3.8) is 0 Å². The van der Waals surface area contributed by atoms with E-state index in [1.807, 2.05) is 6.08 Å². The standard InChI is InChI=1S/C18H36N2O2/c1-2-3-4-5-6-7-8-9-10-11-12-13-14-15-16-19-18(22)20-17-21/h15-16,21H,2-14,17H2,1H3,(H2,19,20,22)/b16-15+. The average Bonchev–Trinajstić information content (AvgIpc) is 2.51. The number of hydrogen-bond donors (Lipinski definition) is 3. The van der Waals surface area contributed by atoms with E-state index >= 15 is 0 Å². The molecule has 0 spiro atoms. The summed E-state index contributed by atoms with van der Waals surface area (Å²) in [5.74, 6) is 0. The van der Waals surface area contributed by atoms with Crippen LogP contribution in [0.1, 0.15) is 90.4 Å². The molecule has 0 aliphatic rings. The molecule has 0 aliphatic heterocycles. The number of unbranched alkanes of at least 4 members (excludes halogenated alkanes) is 12. The van der Waals surface area contributed by atoms with Crippen LogP contribution in [0.3, 0.4) is 0 Å². The summed E-state index contributed by atoms with van der Waals surface area (Å²) in [5, 5.41) is 13.3. The maximum Gasteiger partial charge on any atom is 0.320 e. The van der Waals surface area contributed by atoms with E-state index in [-0.39, 0.29) is 12.8 Å². The van der Waals surface area contributed by atoms with E-state index < -0.39 is 0 Å². The largest absolute Gasteiger partial charge is 0.376 e. The Morgan fingerprint density at radius 3 is 1.86 bits per heavy atom. The second-order valence-electron chi connectivity index (χ2n) is 5.89. The Kier molecular flexibility index (Phi) is 17.2. The summed E-state index contributed by atoms with van der Waals surface area (Å²) in [6.07, 6.45) is 20.9. The molecule has 0 bridgehead atoms. The Balaban J connectivity index is 3.11. The first kappa shape index (κ1) is 21.0. The van der Waals surface area contributed by atoms with Crippen LogP contribution in [-0.4, -0.2) is 17.9 Å². The van der Waals surface area contributed by atoms with Gasteiger partial charge in [-0.25, -0.2) is 4.79 Å². The fourth-order valence-corrected chi connectivity index (χ4v) is 2.44. The van der Waals surface area contributed by atoms with Gasteiger partial charge in [0.15, 0.2) is 0 Å². The topological polar surface area (TPSA) is 61.4 Å². The van der Waals surface area contributed by atoms with Gasteiger partial charge in [-0.3, -0.25) is 0 Å². The van der Waals surface area contributed by atoms with Crippen LogP contribution < -0.4 is 10.6 Å². The van der Waals surface area contributed by atoms with Gasteiger partial charge in [0.1, 0.15) is 6.73 Å². The molecule has 0 rings (SSSR count). The Bertz CT molecular complexity index is 268. The molecular weight excluding hydrogens is 276 g/mol. The molecular formula is C18H36N2O2. The van der Waals surface area contributed by atoms with E-state index in [1.165, 1.54) is 77.0 Å². The Labute approximate surface area is 136 Å². The molecule has 22 heavy (non-hydrogen) atoms. The Morgan fingerprint density at radius 2 is 1.36 bits per heavy atom. The smallest absolute Gasteiger partial charge is 0.320 e. The minimum Gasteiger partial charge on any atom is -0.376 e. The van der Waals surface area contributed by atoms with Gasteiger partial charge >= 0.3 is 6.03 Å². The first-order valence-corrected chi connectivity index (χ1v) is 9.11. The van der Waals surface area contributed by atoms with Gasteiger partial charge in [-0.1, -0.05) is 83.6 Å². The second kappa shape index (κ2) is 18.0. The fourth-order valence-electron chi connectivity index (χ4n) is 2.44. The highest BCUT2D eigenvalue weighted by Gasteiger charge is 1.94. The summed E-state index contributed by atoms with van der Waals surface area (Å²) in [7, 11) is 0. The van der Waals surface area contributed by atoms with E-state index in [9.17, 15) is 4.79 Å². The third-order valence-electron chi connectivity index (χ3n) is 3.80. The van der Waals surface area contributed by atoms with Crippen LogP contribution in [0, 0.1) is 0 Å². The molecule has 0 radical (unpaired) electrons. The molecule has 0 heterocycles.